The Morgan fingerprint density at radius 3 is 1.83 bits per heavy atom. The molecule has 1 aromatic carbocycles. The van der Waals surface area contributed by atoms with Gasteiger partial charge in [-0.05, 0) is 98.8 Å². The van der Waals surface area contributed by atoms with Gasteiger partial charge in [0.25, 0.3) is 0 Å². The molecule has 2 aliphatic rings. The minimum atomic E-state index is -0.730. The van der Waals surface area contributed by atoms with Gasteiger partial charge in [-0.15, -0.1) is 0 Å². The highest BCUT2D eigenvalue weighted by molar-refractivity contribution is 5.33. The van der Waals surface area contributed by atoms with Gasteiger partial charge in [0.05, 0.1) is 11.6 Å². The Morgan fingerprint density at radius 2 is 1.31 bits per heavy atom. The van der Waals surface area contributed by atoms with E-state index >= 15 is 0 Å². The van der Waals surface area contributed by atoms with Crippen LogP contribution in [0.25, 0.3) is 0 Å². The second kappa shape index (κ2) is 10.8. The van der Waals surface area contributed by atoms with Gasteiger partial charge >= 0.3 is 0 Å². The third-order valence-corrected chi connectivity index (χ3v) is 6.49. The van der Waals surface area contributed by atoms with Gasteiger partial charge in [0.1, 0.15) is 6.07 Å². The maximum absolute atomic E-state index is 12.8. The summed E-state index contributed by atoms with van der Waals surface area (Å²) < 4.78 is 12.8. The van der Waals surface area contributed by atoms with E-state index in [1.165, 1.54) is 56.2 Å². The van der Waals surface area contributed by atoms with E-state index < -0.39 is 5.83 Å². The lowest BCUT2D eigenvalue weighted by atomic mass is 9.77. The lowest BCUT2D eigenvalue weighted by Crippen LogP contribution is -2.14. The van der Waals surface area contributed by atoms with Crippen molar-refractivity contribution >= 4 is 0 Å². The number of halogens is 1. The third kappa shape index (κ3) is 6.43. The molecule has 29 heavy (non-hydrogen) atoms. The summed E-state index contributed by atoms with van der Waals surface area (Å²) in [6.07, 6.45) is 19.5. The normalized spacial score (nSPS) is 28.3. The molecule has 0 heterocycles. The first-order valence-electron chi connectivity index (χ1n) is 10.8. The molecule has 0 aliphatic heterocycles. The maximum atomic E-state index is 12.8. The van der Waals surface area contributed by atoms with Crippen LogP contribution in [-0.4, -0.2) is 0 Å². The topological polar surface area (TPSA) is 47.6 Å². The van der Waals surface area contributed by atoms with Gasteiger partial charge < -0.3 is 0 Å². The van der Waals surface area contributed by atoms with Gasteiger partial charge in [0, 0.05) is 0 Å². The maximum Gasteiger partial charge on any atom is 0.199 e. The summed E-state index contributed by atoms with van der Waals surface area (Å²) >= 11 is 0. The Hall–Kier alpha value is -2.65. The van der Waals surface area contributed by atoms with Crippen LogP contribution in [0, 0.1) is 40.4 Å². The molecule has 150 valence electrons. The van der Waals surface area contributed by atoms with Crippen molar-refractivity contribution < 1.29 is 4.39 Å². The molecule has 0 aromatic heterocycles. The SMILES string of the molecule is N#CC(F)=CC=C[C@H]1CC[C@H](C=C[C@H]2CC[C@H](c3ccc(C#N)cc3)CC2)CC1. The second-order valence-electron chi connectivity index (χ2n) is 8.42. The first-order valence-corrected chi connectivity index (χ1v) is 10.8. The molecule has 0 spiro atoms. The van der Waals surface area contributed by atoms with Crippen molar-refractivity contribution in [1.29, 1.82) is 10.5 Å². The lowest BCUT2D eigenvalue weighted by Gasteiger charge is -2.28. The minimum Gasteiger partial charge on any atom is -0.195 e. The van der Waals surface area contributed by atoms with E-state index in [1.54, 1.807) is 6.08 Å². The van der Waals surface area contributed by atoms with Crippen molar-refractivity contribution in [2.75, 3.05) is 0 Å². The fourth-order valence-electron chi connectivity index (χ4n) is 4.65. The molecular formula is C26H29FN2. The molecule has 0 radical (unpaired) electrons. The van der Waals surface area contributed by atoms with E-state index in [4.69, 9.17) is 10.5 Å². The highest BCUT2D eigenvalue weighted by Gasteiger charge is 2.22. The average Bonchev–Trinajstić information content (AvgIpc) is 2.79. The van der Waals surface area contributed by atoms with Crippen molar-refractivity contribution in [3.05, 3.63) is 71.6 Å². The average molecular weight is 389 g/mol. The molecule has 2 saturated carbocycles. The molecule has 1 aromatic rings. The first kappa shape index (κ1) is 21.1. The van der Waals surface area contributed by atoms with E-state index in [-0.39, 0.29) is 0 Å². The Kier molecular flexibility index (Phi) is 7.83. The van der Waals surface area contributed by atoms with Crippen molar-refractivity contribution in [1.82, 2.24) is 0 Å². The van der Waals surface area contributed by atoms with E-state index in [9.17, 15) is 4.39 Å². The first-order chi connectivity index (χ1) is 14.2. The van der Waals surface area contributed by atoms with Gasteiger partial charge in [-0.2, -0.15) is 14.9 Å². The van der Waals surface area contributed by atoms with E-state index in [2.05, 4.69) is 30.4 Å². The quantitative estimate of drug-likeness (QED) is 0.306. The van der Waals surface area contributed by atoms with Crippen LogP contribution in [0.2, 0.25) is 0 Å². The molecule has 2 fully saturated rings. The van der Waals surface area contributed by atoms with Crippen LogP contribution in [-0.2, 0) is 0 Å². The molecule has 0 unspecified atom stereocenters. The third-order valence-electron chi connectivity index (χ3n) is 6.49. The molecule has 3 rings (SSSR count). The summed E-state index contributed by atoms with van der Waals surface area (Å²) in [7, 11) is 0. The number of allylic oxidation sites excluding steroid dienone is 6. The smallest absolute Gasteiger partial charge is 0.195 e. The summed E-state index contributed by atoms with van der Waals surface area (Å²) in [5, 5.41) is 17.4. The number of nitrogens with zero attached hydrogens (tertiary/aromatic N) is 2. The number of hydrogen-bond acceptors (Lipinski definition) is 2. The summed E-state index contributed by atoms with van der Waals surface area (Å²) in [4.78, 5) is 0. The number of benzene rings is 1. The zero-order valence-electron chi connectivity index (χ0n) is 16.9. The van der Waals surface area contributed by atoms with Gasteiger partial charge in [-0.25, -0.2) is 0 Å². The number of hydrogen-bond donors (Lipinski definition) is 0. The van der Waals surface area contributed by atoms with Gasteiger partial charge in [0.15, 0.2) is 5.83 Å². The van der Waals surface area contributed by atoms with E-state index in [1.807, 2.05) is 18.2 Å². The van der Waals surface area contributed by atoms with Gasteiger partial charge in [0.2, 0.25) is 0 Å². The van der Waals surface area contributed by atoms with Crippen molar-refractivity contribution in [3.63, 3.8) is 0 Å². The monoisotopic (exact) mass is 388 g/mol. The molecule has 0 amide bonds. The minimum absolute atomic E-state index is 0.505. The van der Waals surface area contributed by atoms with E-state index in [0.717, 1.165) is 18.4 Å². The lowest BCUT2D eigenvalue weighted by molar-refractivity contribution is 0.348. The van der Waals surface area contributed by atoms with Crippen LogP contribution in [0.5, 0.6) is 0 Å². The zero-order chi connectivity index (χ0) is 20.5. The molecule has 0 N–H and O–H groups in total. The van der Waals surface area contributed by atoms with Gasteiger partial charge in [-0.1, -0.05) is 36.4 Å². The fraction of sp³-hybridized carbons (Fsp3) is 0.462. The predicted molar refractivity (Wildman–Crippen MR) is 114 cm³/mol. The molecule has 0 saturated heterocycles. The highest BCUT2D eigenvalue weighted by atomic mass is 19.1. The molecule has 3 heteroatoms. The molecule has 2 nitrogen and oxygen atoms in total. The Bertz CT molecular complexity index is 819. The summed E-state index contributed by atoms with van der Waals surface area (Å²) in [6, 6.07) is 11.8. The van der Waals surface area contributed by atoms with Crippen LogP contribution in [0.3, 0.4) is 0 Å². The van der Waals surface area contributed by atoms with Crippen LogP contribution in [0.1, 0.15) is 68.4 Å². The number of rotatable bonds is 5. The highest BCUT2D eigenvalue weighted by Crippen LogP contribution is 2.37. The van der Waals surface area contributed by atoms with Crippen molar-refractivity contribution in [3.8, 4) is 12.1 Å². The Morgan fingerprint density at radius 1 is 0.793 bits per heavy atom. The summed E-state index contributed by atoms with van der Waals surface area (Å²) in [5.41, 5.74) is 2.11. The second-order valence-corrected chi connectivity index (χ2v) is 8.42. The largest absolute Gasteiger partial charge is 0.199 e. The Balaban J connectivity index is 1.40. The predicted octanol–water partition coefficient (Wildman–Crippen LogP) is 7.13. The number of nitriles is 2. The zero-order valence-corrected chi connectivity index (χ0v) is 16.9. The van der Waals surface area contributed by atoms with Gasteiger partial charge in [-0.3, -0.25) is 0 Å². The van der Waals surface area contributed by atoms with Crippen LogP contribution >= 0.6 is 0 Å². The van der Waals surface area contributed by atoms with Crippen molar-refractivity contribution in [2.45, 2.75) is 57.3 Å². The summed E-state index contributed by atoms with van der Waals surface area (Å²) in [6.45, 7) is 0. The molecule has 0 bridgehead atoms. The Labute approximate surface area is 174 Å². The van der Waals surface area contributed by atoms with Crippen LogP contribution in [0.15, 0.2) is 60.5 Å². The molecular weight excluding hydrogens is 359 g/mol. The molecule has 0 atom stereocenters. The van der Waals surface area contributed by atoms with E-state index in [0.29, 0.717) is 23.7 Å². The summed E-state index contributed by atoms with van der Waals surface area (Å²) in [5.74, 6) is 1.77. The van der Waals surface area contributed by atoms with Crippen molar-refractivity contribution in [2.24, 2.45) is 17.8 Å². The van der Waals surface area contributed by atoms with Crippen LogP contribution in [0.4, 0.5) is 4.39 Å². The molecule has 2 aliphatic carbocycles. The standard InChI is InChI=1S/C26H29FN2/c27-26(19-29)3-1-2-20-4-6-21(7-5-20)8-9-22-10-14-24(15-11-22)25-16-12-23(18-28)13-17-25/h1-3,8-9,12-13,16-17,20-22,24H,4-7,10-11,14-15H2/t20-,21-,22-,24-. The van der Waals surface area contributed by atoms with Crippen LogP contribution < -0.4 is 0 Å². The fourth-order valence-corrected chi connectivity index (χ4v) is 4.65.